The summed E-state index contributed by atoms with van der Waals surface area (Å²) >= 11 is 0. The van der Waals surface area contributed by atoms with Crippen LogP contribution in [0.3, 0.4) is 0 Å². The Morgan fingerprint density at radius 2 is 1.78 bits per heavy atom. The lowest BCUT2D eigenvalue weighted by atomic mass is 10.1. The minimum atomic E-state index is -3.70. The zero-order valence-electron chi connectivity index (χ0n) is 20.0. The molecule has 0 aliphatic carbocycles. The van der Waals surface area contributed by atoms with Crippen molar-refractivity contribution in [3.05, 3.63) is 83.9 Å². The van der Waals surface area contributed by atoms with Crippen molar-refractivity contribution in [2.45, 2.75) is 23.2 Å². The Morgan fingerprint density at radius 1 is 1.05 bits per heavy atom. The quantitative estimate of drug-likeness (QED) is 0.210. The van der Waals surface area contributed by atoms with Crippen molar-refractivity contribution < 1.29 is 17.5 Å². The van der Waals surface area contributed by atoms with Crippen LogP contribution in [0.5, 0.6) is 0 Å². The van der Waals surface area contributed by atoms with E-state index in [9.17, 15) is 12.8 Å². The van der Waals surface area contributed by atoms with E-state index in [0.717, 1.165) is 5.56 Å². The number of halogens is 1. The zero-order chi connectivity index (χ0) is 26.5. The molecule has 1 aromatic heterocycles. The van der Waals surface area contributed by atoms with Gasteiger partial charge in [0.2, 0.25) is 15.8 Å². The van der Waals surface area contributed by atoms with Crippen molar-refractivity contribution in [1.82, 2.24) is 24.9 Å². The van der Waals surface area contributed by atoms with E-state index >= 15 is 0 Å². The summed E-state index contributed by atoms with van der Waals surface area (Å²) in [7, 11) is 1.90. The average molecular weight is 561 g/mol. The fraction of sp³-hybridized carbons (Fsp3) is 0.208. The molecule has 2 unspecified atom stereocenters. The second-order valence-electron chi connectivity index (χ2n) is 8.13. The Labute approximate surface area is 219 Å². The maximum Gasteiger partial charge on any atom is 0.240 e. The monoisotopic (exact) mass is 560 g/mol. The highest BCUT2D eigenvalue weighted by molar-refractivity contribution is 7.89. The number of tetrazole rings is 1. The van der Waals surface area contributed by atoms with Crippen molar-refractivity contribution in [3.8, 4) is 11.4 Å². The van der Waals surface area contributed by atoms with Gasteiger partial charge < -0.3 is 10.1 Å². The van der Waals surface area contributed by atoms with E-state index in [1.54, 1.807) is 30.3 Å². The Balaban J connectivity index is 1.55. The summed E-state index contributed by atoms with van der Waals surface area (Å²) < 4.78 is 47.0. The lowest BCUT2D eigenvalue weighted by molar-refractivity contribution is 0.107. The van der Waals surface area contributed by atoms with Gasteiger partial charge in [0.1, 0.15) is 0 Å². The molecule has 2 N–H and O–H groups in total. The molecule has 0 aliphatic heterocycles. The minimum absolute atomic E-state index is 0.0571. The highest BCUT2D eigenvalue weighted by Gasteiger charge is 2.20. The lowest BCUT2D eigenvalue weighted by Crippen LogP contribution is -2.18. The van der Waals surface area contributed by atoms with Crippen molar-refractivity contribution in [2.24, 2.45) is 0 Å². The van der Waals surface area contributed by atoms with Gasteiger partial charge in [-0.2, -0.15) is 4.80 Å². The molecule has 0 radical (unpaired) electrons. The molecule has 9 nitrogen and oxygen atoms in total. The summed E-state index contributed by atoms with van der Waals surface area (Å²) in [6, 6.07) is 21.2. The molecular weight excluding hydrogens is 533 g/mol. The number of nitrogens with zero attached hydrogens (tertiary/aromatic N) is 4. The second-order valence-corrected chi connectivity index (χ2v) is 12.4. The molecule has 2 atom stereocenters. The highest BCUT2D eigenvalue weighted by Crippen LogP contribution is 2.40. The number of ether oxygens (including phenoxy) is 1. The smallest absolute Gasteiger partial charge is 0.240 e. The first-order chi connectivity index (χ1) is 17.7. The fourth-order valence-corrected chi connectivity index (χ4v) is 4.56. The number of hydrogen-bond donors (Lipinski definition) is 2. The van der Waals surface area contributed by atoms with Crippen LogP contribution in [0.25, 0.3) is 11.4 Å². The van der Waals surface area contributed by atoms with Gasteiger partial charge in [-0.15, -0.1) is 10.2 Å². The van der Waals surface area contributed by atoms with E-state index in [-0.39, 0.29) is 10.7 Å². The van der Waals surface area contributed by atoms with Crippen LogP contribution >= 0.6 is 18.5 Å². The Morgan fingerprint density at radius 3 is 2.46 bits per heavy atom. The lowest BCUT2D eigenvalue weighted by Gasteiger charge is -2.16. The summed E-state index contributed by atoms with van der Waals surface area (Å²) in [6.07, 6.45) is 0. The first-order valence-electron chi connectivity index (χ1n) is 11.3. The number of nitrogens with one attached hydrogen (secondary N) is 2. The van der Waals surface area contributed by atoms with Gasteiger partial charge >= 0.3 is 0 Å². The van der Waals surface area contributed by atoms with Crippen LogP contribution in [0.1, 0.15) is 11.1 Å². The molecule has 0 spiro atoms. The number of benzene rings is 3. The van der Waals surface area contributed by atoms with Crippen molar-refractivity contribution in [1.29, 1.82) is 0 Å². The van der Waals surface area contributed by atoms with Gasteiger partial charge in [-0.3, -0.25) is 0 Å². The molecule has 37 heavy (non-hydrogen) atoms. The summed E-state index contributed by atoms with van der Waals surface area (Å²) in [5.74, 6) is 0.244. The standard InChI is InChI=1S/C24H27FN6O3P2S/c1-26-37(32,33)20-11-12-22(27-19-9-7-18(8-10-19)24(25,35)36)21(15-20)23-28-30-31(29-23)13-14-34-16-17-5-3-2-4-6-17/h2-12,15,26-27H,13-14,16,35-36H2,1H3. The van der Waals surface area contributed by atoms with Crippen molar-refractivity contribution >= 4 is 39.9 Å². The van der Waals surface area contributed by atoms with Crippen LogP contribution in [0.4, 0.5) is 15.8 Å². The van der Waals surface area contributed by atoms with Gasteiger partial charge in [0, 0.05) is 16.9 Å². The third-order valence-corrected chi connectivity index (χ3v) is 7.50. The van der Waals surface area contributed by atoms with Crippen LogP contribution < -0.4 is 10.0 Å². The third kappa shape index (κ3) is 7.15. The van der Waals surface area contributed by atoms with Crippen molar-refractivity contribution in [2.75, 3.05) is 19.0 Å². The molecule has 0 saturated carbocycles. The van der Waals surface area contributed by atoms with Gasteiger partial charge in [0.15, 0.2) is 5.15 Å². The van der Waals surface area contributed by atoms with Crippen LogP contribution in [0.15, 0.2) is 77.7 Å². The Bertz CT molecular complexity index is 1450. The van der Waals surface area contributed by atoms with E-state index in [4.69, 9.17) is 4.74 Å². The van der Waals surface area contributed by atoms with E-state index in [2.05, 4.69) is 43.9 Å². The predicted octanol–water partition coefficient (Wildman–Crippen LogP) is 4.04. The van der Waals surface area contributed by atoms with Gasteiger partial charge in [-0.05, 0) is 53.7 Å². The number of anilines is 2. The number of sulfonamides is 1. The molecule has 3 aromatic carbocycles. The van der Waals surface area contributed by atoms with Gasteiger partial charge in [0.25, 0.3) is 0 Å². The molecule has 13 heteroatoms. The zero-order valence-corrected chi connectivity index (χ0v) is 23.1. The van der Waals surface area contributed by atoms with Gasteiger partial charge in [0.05, 0.1) is 24.7 Å². The molecule has 0 bridgehead atoms. The van der Waals surface area contributed by atoms with Gasteiger partial charge in [-0.25, -0.2) is 17.5 Å². The molecule has 0 saturated heterocycles. The molecular formula is C24H27FN6O3P2S. The normalized spacial score (nSPS) is 12.0. The Hall–Kier alpha value is -2.81. The topological polar surface area (TPSA) is 111 Å². The average Bonchev–Trinajstić information content (AvgIpc) is 3.36. The predicted molar refractivity (Wildman–Crippen MR) is 148 cm³/mol. The number of alkyl halides is 1. The summed E-state index contributed by atoms with van der Waals surface area (Å²) in [5.41, 5.74) is 3.21. The molecule has 0 aliphatic rings. The number of rotatable bonds is 11. The van der Waals surface area contributed by atoms with Crippen molar-refractivity contribution in [3.63, 3.8) is 0 Å². The first-order valence-corrected chi connectivity index (χ1v) is 13.9. The highest BCUT2D eigenvalue weighted by atomic mass is 32.2. The number of aromatic nitrogens is 4. The van der Waals surface area contributed by atoms with E-state index in [1.807, 2.05) is 30.3 Å². The summed E-state index contributed by atoms with van der Waals surface area (Å²) in [5, 5.41) is 14.3. The third-order valence-electron chi connectivity index (χ3n) is 5.42. The molecule has 1 heterocycles. The van der Waals surface area contributed by atoms with Crippen LogP contribution in [-0.4, -0.2) is 42.3 Å². The molecule has 4 aromatic rings. The molecule has 194 valence electrons. The molecule has 4 rings (SSSR count). The minimum Gasteiger partial charge on any atom is -0.375 e. The summed E-state index contributed by atoms with van der Waals surface area (Å²) in [6.45, 7) is 1.21. The van der Waals surface area contributed by atoms with Crippen LogP contribution in [0, 0.1) is 0 Å². The Kier molecular flexibility index (Phi) is 8.62. The molecule has 0 fully saturated rings. The summed E-state index contributed by atoms with van der Waals surface area (Å²) in [4.78, 5) is 1.46. The van der Waals surface area contributed by atoms with Crippen LogP contribution in [0.2, 0.25) is 0 Å². The van der Waals surface area contributed by atoms with E-state index in [1.165, 1.54) is 24.0 Å². The van der Waals surface area contributed by atoms with Crippen LogP contribution in [-0.2, 0) is 33.1 Å². The SMILES string of the molecule is CNS(=O)(=O)c1ccc(Nc2ccc(C(F)(P)P)cc2)c(-c2nnn(CCOCc3ccccc3)n2)c1. The van der Waals surface area contributed by atoms with E-state index in [0.29, 0.717) is 42.3 Å². The van der Waals surface area contributed by atoms with E-state index < -0.39 is 15.2 Å². The maximum atomic E-state index is 14.2. The molecule has 0 amide bonds. The first kappa shape index (κ1) is 27.2. The maximum absolute atomic E-state index is 14.2. The second kappa shape index (κ2) is 11.7. The fourth-order valence-electron chi connectivity index (χ4n) is 3.42. The largest absolute Gasteiger partial charge is 0.375 e. The number of hydrogen-bond acceptors (Lipinski definition) is 7. The van der Waals surface area contributed by atoms with Gasteiger partial charge in [-0.1, -0.05) is 60.9 Å².